The zero-order valence-electron chi connectivity index (χ0n) is 15.0. The molecule has 27 heavy (non-hydrogen) atoms. The summed E-state index contributed by atoms with van der Waals surface area (Å²) in [5, 5.41) is 3.73. The Kier molecular flexibility index (Phi) is 4.99. The molecule has 1 N–H and O–H groups in total. The van der Waals surface area contributed by atoms with Crippen LogP contribution in [0, 0.1) is 5.82 Å². The molecule has 6 heteroatoms. The van der Waals surface area contributed by atoms with Gasteiger partial charge in [-0.2, -0.15) is 0 Å². The summed E-state index contributed by atoms with van der Waals surface area (Å²) in [5.41, 5.74) is 2.79. The minimum atomic E-state index is -0.376. The second kappa shape index (κ2) is 7.56. The summed E-state index contributed by atoms with van der Waals surface area (Å²) in [5.74, 6) is -0.669. The van der Waals surface area contributed by atoms with Crippen LogP contribution in [-0.2, 0) is 18.3 Å². The van der Waals surface area contributed by atoms with Crippen LogP contribution in [-0.4, -0.2) is 15.5 Å². The Morgan fingerprint density at radius 3 is 2.96 bits per heavy atom. The number of anilines is 1. The van der Waals surface area contributed by atoms with Gasteiger partial charge < -0.3 is 9.88 Å². The van der Waals surface area contributed by atoms with E-state index in [0.717, 1.165) is 34.9 Å². The lowest BCUT2D eigenvalue weighted by molar-refractivity contribution is -0.117. The summed E-state index contributed by atoms with van der Waals surface area (Å²) < 4.78 is 15.7. The Hall–Kier alpha value is -2.60. The van der Waals surface area contributed by atoms with Crippen LogP contribution in [0.1, 0.15) is 29.9 Å². The maximum atomic E-state index is 13.9. The van der Waals surface area contributed by atoms with Gasteiger partial charge in [0.15, 0.2) is 5.16 Å². The van der Waals surface area contributed by atoms with E-state index in [2.05, 4.69) is 16.4 Å². The van der Waals surface area contributed by atoms with Crippen LogP contribution in [0.25, 0.3) is 0 Å². The second-order valence-corrected chi connectivity index (χ2v) is 7.71. The number of aryl methyl sites for hydroxylation is 2. The van der Waals surface area contributed by atoms with Gasteiger partial charge in [-0.1, -0.05) is 24.3 Å². The predicted molar refractivity (Wildman–Crippen MR) is 104 cm³/mol. The first kappa shape index (κ1) is 17.8. The third-order valence-electron chi connectivity index (χ3n) is 4.86. The molecule has 138 valence electrons. The molecule has 0 aliphatic heterocycles. The van der Waals surface area contributed by atoms with E-state index < -0.39 is 0 Å². The molecular weight excluding hydrogens is 361 g/mol. The molecule has 1 aromatic heterocycles. The highest BCUT2D eigenvalue weighted by atomic mass is 32.2. The SMILES string of the molecule is Cn1ccnc1Sc1ccc(F)cc1NC(=O)C1CCCc2ccccc21. The number of nitrogens with one attached hydrogen (secondary N) is 1. The average Bonchev–Trinajstić information content (AvgIpc) is 3.08. The van der Waals surface area contributed by atoms with Gasteiger partial charge in [-0.15, -0.1) is 0 Å². The molecule has 0 radical (unpaired) electrons. The molecular formula is C21H20FN3OS. The van der Waals surface area contributed by atoms with Gasteiger partial charge in [0.25, 0.3) is 0 Å². The molecule has 0 spiro atoms. The Morgan fingerprint density at radius 1 is 1.30 bits per heavy atom. The van der Waals surface area contributed by atoms with Gasteiger partial charge in [0.05, 0.1) is 11.6 Å². The quantitative estimate of drug-likeness (QED) is 0.708. The Morgan fingerprint density at radius 2 is 2.15 bits per heavy atom. The summed E-state index contributed by atoms with van der Waals surface area (Å²) >= 11 is 1.40. The minimum Gasteiger partial charge on any atom is -0.329 e. The third-order valence-corrected chi connectivity index (χ3v) is 6.02. The van der Waals surface area contributed by atoms with Crippen molar-refractivity contribution in [2.45, 2.75) is 35.2 Å². The fraction of sp³-hybridized carbons (Fsp3) is 0.238. The molecule has 4 rings (SSSR count). The van der Waals surface area contributed by atoms with Gasteiger partial charge in [0.1, 0.15) is 5.82 Å². The van der Waals surface area contributed by atoms with Crippen LogP contribution >= 0.6 is 11.8 Å². The van der Waals surface area contributed by atoms with Crippen molar-refractivity contribution >= 4 is 23.4 Å². The van der Waals surface area contributed by atoms with Gasteiger partial charge in [-0.3, -0.25) is 4.79 Å². The van der Waals surface area contributed by atoms with Gasteiger partial charge >= 0.3 is 0 Å². The van der Waals surface area contributed by atoms with E-state index in [9.17, 15) is 9.18 Å². The Labute approximate surface area is 161 Å². The van der Waals surface area contributed by atoms with Crippen molar-refractivity contribution in [2.75, 3.05) is 5.32 Å². The molecule has 0 fully saturated rings. The van der Waals surface area contributed by atoms with Crippen molar-refractivity contribution < 1.29 is 9.18 Å². The lowest BCUT2D eigenvalue weighted by atomic mass is 9.82. The van der Waals surface area contributed by atoms with Crippen molar-refractivity contribution in [3.63, 3.8) is 0 Å². The number of hydrogen-bond donors (Lipinski definition) is 1. The fourth-order valence-corrected chi connectivity index (χ4v) is 4.35. The van der Waals surface area contributed by atoms with Crippen molar-refractivity contribution in [2.24, 2.45) is 7.05 Å². The Bertz CT molecular complexity index is 985. The summed E-state index contributed by atoms with van der Waals surface area (Å²) in [4.78, 5) is 18.1. The largest absolute Gasteiger partial charge is 0.329 e. The number of carbonyl (C=O) groups excluding carboxylic acids is 1. The molecule has 0 saturated carbocycles. The van der Waals surface area contributed by atoms with Crippen molar-refractivity contribution in [3.05, 3.63) is 71.8 Å². The third kappa shape index (κ3) is 3.76. The summed E-state index contributed by atoms with van der Waals surface area (Å²) in [7, 11) is 1.90. The number of aromatic nitrogens is 2. The maximum absolute atomic E-state index is 13.9. The number of carbonyl (C=O) groups is 1. The lowest BCUT2D eigenvalue weighted by Gasteiger charge is -2.25. The van der Waals surface area contributed by atoms with Crippen LogP contribution in [0.5, 0.6) is 0 Å². The van der Waals surface area contributed by atoms with Gasteiger partial charge in [0, 0.05) is 24.3 Å². The fourth-order valence-electron chi connectivity index (χ4n) is 3.48. The van der Waals surface area contributed by atoms with Crippen molar-refractivity contribution in [3.8, 4) is 0 Å². The highest BCUT2D eigenvalue weighted by Gasteiger charge is 2.26. The van der Waals surface area contributed by atoms with E-state index in [-0.39, 0.29) is 17.6 Å². The predicted octanol–water partition coefficient (Wildman–Crippen LogP) is 4.77. The zero-order chi connectivity index (χ0) is 18.8. The molecule has 1 aliphatic rings. The van der Waals surface area contributed by atoms with Crippen LogP contribution in [0.15, 0.2) is 64.9 Å². The van der Waals surface area contributed by atoms with Gasteiger partial charge in [-0.05, 0) is 60.4 Å². The second-order valence-electron chi connectivity index (χ2n) is 6.70. The normalized spacial score (nSPS) is 16.0. The van der Waals surface area contributed by atoms with Crippen LogP contribution < -0.4 is 5.32 Å². The summed E-state index contributed by atoms with van der Waals surface area (Å²) in [6, 6.07) is 12.5. The molecule has 0 saturated heterocycles. The van der Waals surface area contributed by atoms with E-state index >= 15 is 0 Å². The van der Waals surface area contributed by atoms with Crippen LogP contribution in [0.2, 0.25) is 0 Å². The summed E-state index contributed by atoms with van der Waals surface area (Å²) in [6.45, 7) is 0. The number of imidazole rings is 1. The van der Waals surface area contributed by atoms with Crippen molar-refractivity contribution in [1.82, 2.24) is 9.55 Å². The van der Waals surface area contributed by atoms with E-state index in [4.69, 9.17) is 0 Å². The molecule has 4 nitrogen and oxygen atoms in total. The number of hydrogen-bond acceptors (Lipinski definition) is 3. The van der Waals surface area contributed by atoms with Gasteiger partial charge in [-0.25, -0.2) is 9.37 Å². The van der Waals surface area contributed by atoms with Crippen LogP contribution in [0.3, 0.4) is 0 Å². The van der Waals surface area contributed by atoms with E-state index in [1.165, 1.54) is 29.5 Å². The van der Waals surface area contributed by atoms with E-state index in [1.807, 2.05) is 36.0 Å². The molecule has 1 amide bonds. The molecule has 2 aromatic carbocycles. The number of fused-ring (bicyclic) bond motifs is 1. The number of nitrogens with zero attached hydrogens (tertiary/aromatic N) is 2. The molecule has 1 atom stereocenters. The van der Waals surface area contributed by atoms with E-state index in [1.54, 1.807) is 12.3 Å². The van der Waals surface area contributed by atoms with Crippen molar-refractivity contribution in [1.29, 1.82) is 0 Å². The molecule has 0 bridgehead atoms. The number of benzene rings is 2. The number of halogens is 1. The topological polar surface area (TPSA) is 46.9 Å². The molecule has 3 aromatic rings. The lowest BCUT2D eigenvalue weighted by Crippen LogP contribution is -2.25. The first-order valence-electron chi connectivity index (χ1n) is 8.95. The standard InChI is InChI=1S/C21H20FN3OS/c1-25-12-11-23-21(25)27-19-10-9-15(22)13-18(19)24-20(26)17-8-4-6-14-5-2-3-7-16(14)17/h2-3,5,7,9-13,17H,4,6,8H2,1H3,(H,24,26). The van der Waals surface area contributed by atoms with E-state index in [0.29, 0.717) is 5.69 Å². The summed E-state index contributed by atoms with van der Waals surface area (Å²) in [6.07, 6.45) is 6.35. The minimum absolute atomic E-state index is 0.0885. The number of amides is 1. The number of rotatable bonds is 4. The Balaban J connectivity index is 1.60. The molecule has 1 heterocycles. The maximum Gasteiger partial charge on any atom is 0.231 e. The monoisotopic (exact) mass is 381 g/mol. The highest BCUT2D eigenvalue weighted by molar-refractivity contribution is 7.99. The first-order chi connectivity index (χ1) is 13.1. The zero-order valence-corrected chi connectivity index (χ0v) is 15.8. The molecule has 1 aliphatic carbocycles. The smallest absolute Gasteiger partial charge is 0.231 e. The van der Waals surface area contributed by atoms with Gasteiger partial charge in [0.2, 0.25) is 5.91 Å². The van der Waals surface area contributed by atoms with Crippen LogP contribution in [0.4, 0.5) is 10.1 Å². The first-order valence-corrected chi connectivity index (χ1v) is 9.77. The molecule has 1 unspecified atom stereocenters. The highest BCUT2D eigenvalue weighted by Crippen LogP contribution is 2.36. The average molecular weight is 381 g/mol.